The van der Waals surface area contributed by atoms with Crippen molar-refractivity contribution in [3.63, 3.8) is 0 Å². The first-order chi connectivity index (χ1) is 11.7. The lowest BCUT2D eigenvalue weighted by molar-refractivity contribution is -0.229. The van der Waals surface area contributed by atoms with E-state index in [4.69, 9.17) is 14.2 Å². The zero-order valence-corrected chi connectivity index (χ0v) is 15.2. The van der Waals surface area contributed by atoms with Crippen molar-refractivity contribution in [2.45, 2.75) is 59.5 Å². The van der Waals surface area contributed by atoms with E-state index in [0.29, 0.717) is 0 Å². The van der Waals surface area contributed by atoms with Gasteiger partial charge in [-0.15, -0.1) is 0 Å². The number of hydrogen-bond donors (Lipinski definition) is 0. The second-order valence-electron chi connectivity index (χ2n) is 7.46. The summed E-state index contributed by atoms with van der Waals surface area (Å²) < 4.78 is 16.9. The van der Waals surface area contributed by atoms with Crippen LogP contribution in [0, 0.1) is 17.3 Å². The molecule has 1 saturated heterocycles. The fourth-order valence-corrected chi connectivity index (χ4v) is 4.70. The van der Waals surface area contributed by atoms with Crippen molar-refractivity contribution in [2.75, 3.05) is 0 Å². The molecule has 0 radical (unpaired) electrons. The number of rotatable bonds is 5. The van der Waals surface area contributed by atoms with Gasteiger partial charge in [-0.05, 0) is 39.2 Å². The first kappa shape index (κ1) is 17.9. The maximum atomic E-state index is 12.9. The van der Waals surface area contributed by atoms with Crippen molar-refractivity contribution in [1.29, 1.82) is 0 Å². The summed E-state index contributed by atoms with van der Waals surface area (Å²) in [5, 5.41) is 0. The average Bonchev–Trinajstić information content (AvgIpc) is 2.58. The van der Waals surface area contributed by atoms with Crippen LogP contribution in [0.1, 0.15) is 41.0 Å². The smallest absolute Gasteiger partial charge is 0.304 e. The number of ketones is 1. The lowest BCUT2D eigenvalue weighted by atomic mass is 9.45. The maximum Gasteiger partial charge on any atom is 0.304 e. The van der Waals surface area contributed by atoms with Gasteiger partial charge in [0.2, 0.25) is 6.29 Å². The maximum absolute atomic E-state index is 12.9. The molecule has 25 heavy (non-hydrogen) atoms. The SMILES string of the molecule is CC(=O)O[C@H]1O[C@@H]2C=C(C)[C@H]3C[C@@H]2[C@@]13[C@@H](OC(C)=O)C(=O)C=C(C)C. The lowest BCUT2D eigenvalue weighted by Gasteiger charge is -2.58. The largest absolute Gasteiger partial charge is 0.453 e. The van der Waals surface area contributed by atoms with Gasteiger partial charge in [0.15, 0.2) is 11.9 Å². The summed E-state index contributed by atoms with van der Waals surface area (Å²) >= 11 is 0. The third-order valence-electron chi connectivity index (χ3n) is 5.50. The molecule has 6 nitrogen and oxygen atoms in total. The minimum atomic E-state index is -1.03. The van der Waals surface area contributed by atoms with Crippen molar-refractivity contribution in [3.8, 4) is 0 Å². The van der Waals surface area contributed by atoms with Gasteiger partial charge in [0.1, 0.15) is 0 Å². The molecule has 4 rings (SSSR count). The van der Waals surface area contributed by atoms with E-state index < -0.39 is 29.7 Å². The van der Waals surface area contributed by atoms with Gasteiger partial charge >= 0.3 is 11.9 Å². The van der Waals surface area contributed by atoms with Gasteiger partial charge in [-0.1, -0.05) is 17.2 Å². The molecule has 1 heterocycles. The van der Waals surface area contributed by atoms with E-state index in [9.17, 15) is 14.4 Å². The molecule has 3 aliphatic carbocycles. The summed E-state index contributed by atoms with van der Waals surface area (Å²) in [7, 11) is 0. The molecule has 0 aromatic rings. The van der Waals surface area contributed by atoms with Gasteiger partial charge in [-0.2, -0.15) is 0 Å². The molecule has 0 aromatic heterocycles. The summed E-state index contributed by atoms with van der Waals surface area (Å²) in [5.41, 5.74) is 1.06. The molecule has 4 aliphatic rings. The monoisotopic (exact) mass is 348 g/mol. The molecule has 2 fully saturated rings. The van der Waals surface area contributed by atoms with E-state index >= 15 is 0 Å². The number of ether oxygens (including phenoxy) is 3. The fraction of sp³-hybridized carbons (Fsp3) is 0.632. The quantitative estimate of drug-likeness (QED) is 0.431. The van der Waals surface area contributed by atoms with E-state index in [2.05, 4.69) is 0 Å². The van der Waals surface area contributed by atoms with Gasteiger partial charge in [-0.25, -0.2) is 0 Å². The van der Waals surface area contributed by atoms with Crippen molar-refractivity contribution < 1.29 is 28.6 Å². The van der Waals surface area contributed by atoms with E-state index in [0.717, 1.165) is 17.6 Å². The Hall–Kier alpha value is -1.95. The van der Waals surface area contributed by atoms with Gasteiger partial charge in [-0.3, -0.25) is 14.4 Å². The normalized spacial score (nSPS) is 35.8. The summed E-state index contributed by atoms with van der Waals surface area (Å²) in [5.74, 6) is -1.33. The van der Waals surface area contributed by atoms with Crippen LogP contribution in [-0.4, -0.2) is 36.2 Å². The van der Waals surface area contributed by atoms with Crippen LogP contribution in [0.25, 0.3) is 0 Å². The topological polar surface area (TPSA) is 78.9 Å². The second kappa shape index (κ2) is 6.09. The highest BCUT2D eigenvalue weighted by Crippen LogP contribution is 2.69. The van der Waals surface area contributed by atoms with Crippen LogP contribution in [0.2, 0.25) is 0 Å². The van der Waals surface area contributed by atoms with Gasteiger partial charge < -0.3 is 14.2 Å². The average molecular weight is 348 g/mol. The van der Waals surface area contributed by atoms with Crippen molar-refractivity contribution in [1.82, 2.24) is 0 Å². The summed E-state index contributed by atoms with van der Waals surface area (Å²) in [6.45, 7) is 8.20. The number of hydrogen-bond acceptors (Lipinski definition) is 6. The summed E-state index contributed by atoms with van der Waals surface area (Å²) in [4.78, 5) is 36.2. The van der Waals surface area contributed by atoms with Crippen LogP contribution in [-0.2, 0) is 28.6 Å². The molecule has 4 bridgehead atoms. The summed E-state index contributed by atoms with van der Waals surface area (Å²) in [6.07, 6.45) is 2.19. The molecule has 1 aliphatic heterocycles. The van der Waals surface area contributed by atoms with Gasteiger partial charge in [0.05, 0.1) is 11.5 Å². The van der Waals surface area contributed by atoms with Crippen LogP contribution in [0.15, 0.2) is 23.3 Å². The van der Waals surface area contributed by atoms with Crippen LogP contribution in [0.5, 0.6) is 0 Å². The van der Waals surface area contributed by atoms with Crippen molar-refractivity contribution in [3.05, 3.63) is 23.3 Å². The van der Waals surface area contributed by atoms with E-state index in [1.54, 1.807) is 0 Å². The van der Waals surface area contributed by atoms with Crippen LogP contribution in [0.4, 0.5) is 0 Å². The second-order valence-corrected chi connectivity index (χ2v) is 7.46. The Kier molecular flexibility index (Phi) is 4.35. The van der Waals surface area contributed by atoms with Crippen molar-refractivity contribution >= 4 is 17.7 Å². The molecule has 0 unspecified atom stereocenters. The minimum absolute atomic E-state index is 0.00980. The molecule has 0 spiro atoms. The molecule has 0 aromatic carbocycles. The number of allylic oxidation sites excluding steroid dienone is 2. The third-order valence-corrected chi connectivity index (χ3v) is 5.50. The first-order valence-electron chi connectivity index (χ1n) is 8.54. The highest BCUT2D eigenvalue weighted by Gasteiger charge is 2.75. The molecule has 0 N–H and O–H groups in total. The van der Waals surface area contributed by atoms with E-state index in [1.807, 2.05) is 26.8 Å². The molecule has 6 atom stereocenters. The predicted molar refractivity (Wildman–Crippen MR) is 88.2 cm³/mol. The van der Waals surface area contributed by atoms with Crippen LogP contribution < -0.4 is 0 Å². The van der Waals surface area contributed by atoms with Crippen LogP contribution in [0.3, 0.4) is 0 Å². The molecular formula is C19H24O6. The minimum Gasteiger partial charge on any atom is -0.453 e. The highest BCUT2D eigenvalue weighted by molar-refractivity contribution is 5.96. The third kappa shape index (κ3) is 2.63. The molecule has 6 heteroatoms. The van der Waals surface area contributed by atoms with Gasteiger partial charge in [0.25, 0.3) is 0 Å². The molecular weight excluding hydrogens is 324 g/mol. The Morgan fingerprint density at radius 2 is 1.92 bits per heavy atom. The highest BCUT2D eigenvalue weighted by atomic mass is 16.7. The fourth-order valence-electron chi connectivity index (χ4n) is 4.70. The Bertz CT molecular complexity index is 686. The molecule has 0 amide bonds. The zero-order chi connectivity index (χ0) is 18.5. The van der Waals surface area contributed by atoms with Gasteiger partial charge in [0, 0.05) is 19.8 Å². The predicted octanol–water partition coefficient (Wildman–Crippen LogP) is 2.32. The Morgan fingerprint density at radius 3 is 2.44 bits per heavy atom. The molecule has 136 valence electrons. The Labute approximate surface area is 147 Å². The van der Waals surface area contributed by atoms with E-state index in [-0.39, 0.29) is 23.7 Å². The van der Waals surface area contributed by atoms with E-state index in [1.165, 1.54) is 19.9 Å². The van der Waals surface area contributed by atoms with Crippen molar-refractivity contribution in [2.24, 2.45) is 17.3 Å². The standard InChI is InChI=1S/C19H24O6/c1-9(2)6-15(22)17(23-11(4)20)19-13-8-14(19)16(7-10(13)3)25-18(19)24-12(5)21/h6-7,13-14,16-18H,8H2,1-5H3/t13-,14+,16-,17+,18+,19+/m1/s1. The molecule has 1 saturated carbocycles. The van der Waals surface area contributed by atoms with Crippen LogP contribution >= 0.6 is 0 Å². The number of carbonyl (C=O) groups excluding carboxylic acids is 3. The lowest BCUT2D eigenvalue weighted by Crippen LogP contribution is -2.65. The first-order valence-corrected chi connectivity index (χ1v) is 8.54. The number of esters is 2. The Balaban J connectivity index is 2.08. The number of carbonyl (C=O) groups is 3. The summed E-state index contributed by atoms with van der Waals surface area (Å²) in [6, 6.07) is 0. The zero-order valence-electron chi connectivity index (χ0n) is 15.2. The Morgan fingerprint density at radius 1 is 1.24 bits per heavy atom.